The van der Waals surface area contributed by atoms with Crippen LogP contribution in [0.1, 0.15) is 0 Å². The number of nitrogens with zero attached hydrogens (tertiary/aromatic N) is 2. The van der Waals surface area contributed by atoms with Crippen LogP contribution >= 0.6 is 0 Å². The maximum Gasteiger partial charge on any atom is 0.289 e. The van der Waals surface area contributed by atoms with Crippen molar-refractivity contribution in [1.29, 1.82) is 0 Å². The molecule has 34 heteroatoms. The Bertz CT molecular complexity index is 3590. The van der Waals surface area contributed by atoms with Gasteiger partial charge in [0.1, 0.15) is 80.8 Å². The van der Waals surface area contributed by atoms with E-state index in [1.807, 2.05) is 0 Å². The molecule has 9 aromatic rings. The molecule has 0 fully saturated rings. The Kier molecular flexibility index (Phi) is 14.2. The highest BCUT2D eigenvalue weighted by molar-refractivity contribution is 7.11. The van der Waals surface area contributed by atoms with Crippen LogP contribution in [0.3, 0.4) is 0 Å². The molecule has 0 aliphatic heterocycles. The Morgan fingerprint density at radius 2 is 0.434 bits per heavy atom. The second-order valence-corrected chi connectivity index (χ2v) is 17.5. The third kappa shape index (κ3) is 7.53. The van der Waals surface area contributed by atoms with Crippen LogP contribution in [0.5, 0.6) is 0 Å². The Hall–Kier alpha value is -8.74. The molecule has 0 aliphatic carbocycles. The number of para-hydroxylation sites is 2. The zero-order valence-corrected chi connectivity index (χ0v) is 38.6. The van der Waals surface area contributed by atoms with E-state index in [4.69, 9.17) is 0 Å². The average Bonchev–Trinajstić information content (AvgIpc) is 1.72. The van der Waals surface area contributed by atoms with Gasteiger partial charge in [-0.3, -0.25) is 0 Å². The van der Waals surface area contributed by atoms with E-state index in [2.05, 4.69) is 0 Å². The molecule has 0 unspecified atom stereocenters. The number of fused-ring (bicyclic) bond motifs is 1. The lowest BCUT2D eigenvalue weighted by Crippen LogP contribution is -2.89. The molecule has 0 amide bonds. The van der Waals surface area contributed by atoms with Gasteiger partial charge in [-0.05, 0) is 24.3 Å². The summed E-state index contributed by atoms with van der Waals surface area (Å²) in [6, 6.07) is 1.66. The fourth-order valence-corrected chi connectivity index (χ4v) is 10.4. The van der Waals surface area contributed by atoms with Gasteiger partial charge in [0.25, 0.3) is 12.6 Å². The lowest BCUT2D eigenvalue weighted by Gasteiger charge is -2.44. The zero-order valence-electron chi connectivity index (χ0n) is 38.6. The number of rotatable bonds is 9. The summed E-state index contributed by atoms with van der Waals surface area (Å²) in [5.74, 6) is -116. The second-order valence-electron chi connectivity index (χ2n) is 17.5. The minimum absolute atomic E-state index is 0.0775. The quantitative estimate of drug-likeness (QED) is 0.0590. The highest BCUT2D eigenvalue weighted by atomic mass is 19.2. The molecular formula is C49H9B2F30N2-. The zero-order chi connectivity index (χ0) is 61.6. The van der Waals surface area contributed by atoms with Crippen molar-refractivity contribution >= 4 is 56.4 Å². The molecule has 2 nitrogen and oxygen atoms in total. The summed E-state index contributed by atoms with van der Waals surface area (Å²) in [7, 11) is 0. The smallest absolute Gasteiger partial charge is 0.289 e. The SMILES string of the molecule is Fc1c(F)c(F)c([B-](c2c(F)c(F)c(F)c(F)c2F)(c2c(F)c(F)c(F)c(F)c2F)n2c(-c3ccccc3)[n+]([B-](c3c(F)c(F)c(F)c(F)c3F)(c3c(F)c(F)c(F)c(F)c3F)c3c(F)c(F)c(F)c(F)c3F)c3ccccc32)c(F)c1F. The fourth-order valence-electron chi connectivity index (χ4n) is 10.4. The number of hydrogen-bond donors (Lipinski definition) is 0. The van der Waals surface area contributed by atoms with Gasteiger partial charge in [0.15, 0.2) is 111 Å². The van der Waals surface area contributed by atoms with E-state index in [1.54, 1.807) is 0 Å². The summed E-state index contributed by atoms with van der Waals surface area (Å²) in [6.45, 7) is 0. The van der Waals surface area contributed by atoms with Gasteiger partial charge in [0.05, 0.1) is 5.56 Å². The van der Waals surface area contributed by atoms with Crippen LogP contribution in [0.2, 0.25) is 0 Å². The molecule has 0 radical (unpaired) electrons. The monoisotopic (exact) mass is 1220 g/mol. The minimum Gasteiger partial charge on any atom is -0.412 e. The van der Waals surface area contributed by atoms with Crippen LogP contribution in [-0.4, -0.2) is 17.0 Å². The Morgan fingerprint density at radius 3 is 0.687 bits per heavy atom. The molecule has 0 N–H and O–H groups in total. The summed E-state index contributed by atoms with van der Waals surface area (Å²) in [5, 5.41) is 0. The highest BCUT2D eigenvalue weighted by Crippen LogP contribution is 2.38. The van der Waals surface area contributed by atoms with Crippen LogP contribution in [0.15, 0.2) is 54.6 Å². The van der Waals surface area contributed by atoms with E-state index in [-0.39, 0.29) is 36.4 Å². The highest BCUT2D eigenvalue weighted by Gasteiger charge is 2.60. The van der Waals surface area contributed by atoms with Crippen LogP contribution in [0, 0.1) is 175 Å². The first-order chi connectivity index (χ1) is 38.8. The predicted molar refractivity (Wildman–Crippen MR) is 225 cm³/mol. The van der Waals surface area contributed by atoms with Crippen molar-refractivity contribution in [3.8, 4) is 11.4 Å². The summed E-state index contributed by atoms with van der Waals surface area (Å²) in [4.78, 5) is 0. The molecular weight excluding hydrogens is 1210 g/mol. The number of hydrogen-bond acceptors (Lipinski definition) is 0. The molecule has 1 heterocycles. The molecule has 1 aromatic heterocycles. The number of imidazole rings is 1. The standard InChI is InChI=1S/C49H9B2F30N2/c52-19-13(20(53)32(65)43(76)31(19)64)50(14-21(54)33(66)44(77)34(67)22(14)55,15-23(56)35(68)45(78)36(69)24(15)57)82-11-8-4-5-9-12(11)83(49(82)10-6-2-1-3-7-10)51(16-25(58)37(70)46(79)38(71)26(16)59,17-27(60)39(72)47(80)40(73)28(17)61)18-29(62)41(74)48(81)42(75)30(18)63/h1-9H/q-1. The van der Waals surface area contributed by atoms with Crippen molar-refractivity contribution in [2.75, 3.05) is 0 Å². The molecule has 0 saturated heterocycles. The Balaban J connectivity index is 1.88. The van der Waals surface area contributed by atoms with Crippen LogP contribution < -0.4 is 37.3 Å². The third-order valence-electron chi connectivity index (χ3n) is 13.6. The maximum absolute atomic E-state index is 17.3. The molecule has 0 atom stereocenters. The van der Waals surface area contributed by atoms with Crippen molar-refractivity contribution in [2.24, 2.45) is 0 Å². The molecule has 9 rings (SSSR count). The van der Waals surface area contributed by atoms with Gasteiger partial charge in [0.2, 0.25) is 0 Å². The third-order valence-corrected chi connectivity index (χ3v) is 13.6. The lowest BCUT2D eigenvalue weighted by atomic mass is 9.22. The second kappa shape index (κ2) is 20.0. The van der Waals surface area contributed by atoms with E-state index in [9.17, 15) is 0 Å². The van der Waals surface area contributed by atoms with E-state index in [1.165, 1.54) is 0 Å². The normalized spacial score (nSPS) is 12.2. The van der Waals surface area contributed by atoms with Crippen molar-refractivity contribution in [3.05, 3.63) is 229 Å². The molecule has 0 aliphatic rings. The van der Waals surface area contributed by atoms with E-state index < -0.39 is 251 Å². The van der Waals surface area contributed by atoms with Crippen LogP contribution in [0.4, 0.5) is 132 Å². The van der Waals surface area contributed by atoms with Crippen LogP contribution in [0.25, 0.3) is 22.4 Å². The van der Waals surface area contributed by atoms with Crippen molar-refractivity contribution in [2.45, 2.75) is 0 Å². The van der Waals surface area contributed by atoms with Crippen molar-refractivity contribution in [3.63, 3.8) is 0 Å². The molecule has 0 bridgehead atoms. The first kappa shape index (κ1) is 58.9. The summed E-state index contributed by atoms with van der Waals surface area (Å²) >= 11 is 0. The molecule has 0 spiro atoms. The lowest BCUT2D eigenvalue weighted by molar-refractivity contribution is -0.497. The summed E-state index contributed by atoms with van der Waals surface area (Å²) in [6.07, 6.45) is -15.3. The van der Waals surface area contributed by atoms with Gasteiger partial charge in [0, 0.05) is 0 Å². The van der Waals surface area contributed by atoms with Gasteiger partial charge >= 0.3 is 0 Å². The molecule has 83 heavy (non-hydrogen) atoms. The van der Waals surface area contributed by atoms with Gasteiger partial charge in [-0.2, -0.15) is 0 Å². The largest absolute Gasteiger partial charge is 0.412 e. The van der Waals surface area contributed by atoms with Gasteiger partial charge in [-0.1, -0.05) is 63.1 Å². The average molecular weight is 1220 g/mol. The molecule has 432 valence electrons. The maximum atomic E-state index is 17.3. The van der Waals surface area contributed by atoms with E-state index >= 15 is 132 Å². The van der Waals surface area contributed by atoms with Crippen molar-refractivity contribution < 1.29 is 136 Å². The molecule has 8 aromatic carbocycles. The number of benzene rings is 8. The first-order valence-corrected chi connectivity index (χ1v) is 21.8. The first-order valence-electron chi connectivity index (χ1n) is 21.8. The van der Waals surface area contributed by atoms with E-state index in [0.717, 1.165) is 0 Å². The van der Waals surface area contributed by atoms with E-state index in [0.29, 0.717) is 18.2 Å². The summed E-state index contributed by atoms with van der Waals surface area (Å²) < 4.78 is 489. The topological polar surface area (TPSA) is 8.81 Å². The summed E-state index contributed by atoms with van der Waals surface area (Å²) in [5.41, 5.74) is -28.7. The van der Waals surface area contributed by atoms with Crippen molar-refractivity contribution in [1.82, 2.24) is 4.48 Å². The Labute approximate surface area is 437 Å². The van der Waals surface area contributed by atoms with Gasteiger partial charge < -0.3 is 8.96 Å². The fraction of sp³-hybridized carbons (Fsp3) is 0. The molecule has 0 saturated carbocycles. The Morgan fingerprint density at radius 1 is 0.229 bits per heavy atom. The van der Waals surface area contributed by atoms with Gasteiger partial charge in [-0.25, -0.2) is 132 Å². The predicted octanol–water partition coefficient (Wildman–Crippen LogP) is 10.8. The minimum atomic E-state index is -7.64. The van der Waals surface area contributed by atoms with Crippen LogP contribution in [-0.2, 0) is 0 Å². The number of halogens is 30. The van der Waals surface area contributed by atoms with Gasteiger partial charge in [-0.15, -0.1) is 0 Å². The number of aromatic nitrogens is 2.